The fourth-order valence-electron chi connectivity index (χ4n) is 2.23. The van der Waals surface area contributed by atoms with Crippen molar-refractivity contribution in [2.24, 2.45) is 5.92 Å². The fraction of sp³-hybridized carbons (Fsp3) is 0.462. The molecule has 0 aromatic carbocycles. The number of aromatic carboxylic acids is 1. The summed E-state index contributed by atoms with van der Waals surface area (Å²) in [6, 6.07) is 0. The maximum Gasteiger partial charge on any atom is 0.338 e. The van der Waals surface area contributed by atoms with Crippen LogP contribution in [0, 0.1) is 19.8 Å². The number of hydrogen-bond donors (Lipinski definition) is 2. The molecule has 0 bridgehead atoms. The molecule has 108 valence electrons. The lowest BCUT2D eigenvalue weighted by atomic mass is 10.1. The average molecular weight is 296 g/mol. The van der Waals surface area contributed by atoms with E-state index in [1.165, 1.54) is 16.2 Å². The van der Waals surface area contributed by atoms with Crippen LogP contribution >= 0.6 is 11.3 Å². The van der Waals surface area contributed by atoms with E-state index < -0.39 is 11.9 Å². The van der Waals surface area contributed by atoms with Gasteiger partial charge in [-0.2, -0.15) is 0 Å². The molecule has 1 aliphatic rings. The van der Waals surface area contributed by atoms with Gasteiger partial charge in [-0.15, -0.1) is 11.3 Å². The second-order valence-electron chi connectivity index (χ2n) is 4.96. The van der Waals surface area contributed by atoms with Crippen molar-refractivity contribution in [3.8, 4) is 0 Å². The van der Waals surface area contributed by atoms with Gasteiger partial charge in [0.25, 0.3) is 0 Å². The SMILES string of the molecule is Cc1sc(NC(=O)C2CC(=O)N(C)C2)c(C(=O)O)c1C. The maximum absolute atomic E-state index is 12.1. The second kappa shape index (κ2) is 5.24. The Bertz CT molecular complexity index is 593. The molecule has 0 radical (unpaired) electrons. The van der Waals surface area contributed by atoms with Gasteiger partial charge in [0.2, 0.25) is 11.8 Å². The third-order valence-electron chi connectivity index (χ3n) is 3.55. The van der Waals surface area contributed by atoms with Crippen molar-refractivity contribution < 1.29 is 19.5 Å². The number of nitrogens with zero attached hydrogens (tertiary/aromatic N) is 1. The van der Waals surface area contributed by atoms with E-state index >= 15 is 0 Å². The molecule has 2 heterocycles. The van der Waals surface area contributed by atoms with Crippen molar-refractivity contribution >= 4 is 34.1 Å². The number of carbonyl (C=O) groups is 3. The van der Waals surface area contributed by atoms with Crippen LogP contribution in [-0.4, -0.2) is 41.4 Å². The Morgan fingerprint density at radius 3 is 2.55 bits per heavy atom. The molecule has 1 aromatic heterocycles. The number of carboxylic acid groups (broad SMARTS) is 1. The summed E-state index contributed by atoms with van der Waals surface area (Å²) in [5.74, 6) is -1.84. The number of thiophene rings is 1. The Kier molecular flexibility index (Phi) is 3.80. The number of hydrogen-bond acceptors (Lipinski definition) is 4. The predicted octanol–water partition coefficient (Wildman–Crippen LogP) is 1.48. The van der Waals surface area contributed by atoms with Crippen LogP contribution in [0.2, 0.25) is 0 Å². The predicted molar refractivity (Wildman–Crippen MR) is 75.1 cm³/mol. The standard InChI is InChI=1S/C13H16N2O4S/c1-6-7(2)20-12(10(6)13(18)19)14-11(17)8-4-9(16)15(3)5-8/h8H,4-5H2,1-3H3,(H,14,17)(H,18,19). The minimum atomic E-state index is -1.05. The first-order valence-electron chi connectivity index (χ1n) is 6.19. The molecule has 20 heavy (non-hydrogen) atoms. The molecule has 2 rings (SSSR count). The molecule has 2 amide bonds. The van der Waals surface area contributed by atoms with E-state index in [0.29, 0.717) is 17.1 Å². The minimum Gasteiger partial charge on any atom is -0.478 e. The molecule has 0 spiro atoms. The van der Waals surface area contributed by atoms with Crippen molar-refractivity contribution in [2.45, 2.75) is 20.3 Å². The van der Waals surface area contributed by atoms with Crippen LogP contribution in [0.25, 0.3) is 0 Å². The number of carbonyl (C=O) groups excluding carboxylic acids is 2. The molecule has 2 N–H and O–H groups in total. The lowest BCUT2D eigenvalue weighted by Crippen LogP contribution is -2.26. The normalized spacial score (nSPS) is 18.4. The Labute approximate surface area is 120 Å². The largest absolute Gasteiger partial charge is 0.478 e. The lowest BCUT2D eigenvalue weighted by molar-refractivity contribution is -0.127. The van der Waals surface area contributed by atoms with Crippen LogP contribution < -0.4 is 5.32 Å². The minimum absolute atomic E-state index is 0.0675. The Balaban J connectivity index is 2.19. The molecule has 1 aliphatic heterocycles. The summed E-state index contributed by atoms with van der Waals surface area (Å²) in [7, 11) is 1.65. The van der Waals surface area contributed by atoms with E-state index in [1.54, 1.807) is 14.0 Å². The Hall–Kier alpha value is -1.89. The van der Waals surface area contributed by atoms with Crippen LogP contribution in [0.5, 0.6) is 0 Å². The van der Waals surface area contributed by atoms with E-state index in [1.807, 2.05) is 6.92 Å². The van der Waals surface area contributed by atoms with Crippen molar-refractivity contribution in [3.05, 3.63) is 16.0 Å². The average Bonchev–Trinajstić information content (AvgIpc) is 2.81. The highest BCUT2D eigenvalue weighted by Gasteiger charge is 2.33. The molecule has 0 aliphatic carbocycles. The summed E-state index contributed by atoms with van der Waals surface area (Å²) in [5, 5.41) is 12.2. The third kappa shape index (κ3) is 2.53. The zero-order valence-electron chi connectivity index (χ0n) is 11.5. The van der Waals surface area contributed by atoms with Gasteiger partial charge in [0.15, 0.2) is 0 Å². The molecule has 1 unspecified atom stereocenters. The molecular weight excluding hydrogens is 280 g/mol. The van der Waals surface area contributed by atoms with Crippen LogP contribution in [0.4, 0.5) is 5.00 Å². The number of rotatable bonds is 3. The van der Waals surface area contributed by atoms with Gasteiger partial charge in [-0.25, -0.2) is 4.79 Å². The van der Waals surface area contributed by atoms with Gasteiger partial charge in [0.05, 0.1) is 11.5 Å². The number of anilines is 1. The first-order chi connectivity index (χ1) is 9.31. The quantitative estimate of drug-likeness (QED) is 0.884. The summed E-state index contributed by atoms with van der Waals surface area (Å²) < 4.78 is 0. The van der Waals surface area contributed by atoms with Gasteiger partial charge < -0.3 is 15.3 Å². The summed E-state index contributed by atoms with van der Waals surface area (Å²) in [5.41, 5.74) is 0.802. The number of likely N-dealkylation sites (tertiary alicyclic amines) is 1. The molecular formula is C13H16N2O4S. The summed E-state index contributed by atoms with van der Waals surface area (Å²) >= 11 is 1.25. The smallest absolute Gasteiger partial charge is 0.338 e. The highest BCUT2D eigenvalue weighted by Crippen LogP contribution is 2.33. The zero-order chi connectivity index (χ0) is 15.0. The Morgan fingerprint density at radius 1 is 1.40 bits per heavy atom. The highest BCUT2D eigenvalue weighted by atomic mass is 32.1. The van der Waals surface area contributed by atoms with Gasteiger partial charge in [0, 0.05) is 24.9 Å². The van der Waals surface area contributed by atoms with E-state index in [9.17, 15) is 19.5 Å². The monoisotopic (exact) mass is 296 g/mol. The van der Waals surface area contributed by atoms with Crippen LogP contribution in [-0.2, 0) is 9.59 Å². The molecule has 1 aromatic rings. The van der Waals surface area contributed by atoms with Crippen molar-refractivity contribution in [1.82, 2.24) is 4.90 Å². The zero-order valence-corrected chi connectivity index (χ0v) is 12.3. The second-order valence-corrected chi connectivity index (χ2v) is 6.18. The number of carboxylic acids is 1. The van der Waals surface area contributed by atoms with Gasteiger partial charge >= 0.3 is 5.97 Å². The summed E-state index contributed by atoms with van der Waals surface area (Å²) in [6.07, 6.45) is 0.175. The topological polar surface area (TPSA) is 86.7 Å². The van der Waals surface area contributed by atoms with Crippen molar-refractivity contribution in [3.63, 3.8) is 0 Å². The first kappa shape index (κ1) is 14.5. The summed E-state index contributed by atoms with van der Waals surface area (Å²) in [6.45, 7) is 3.91. The molecule has 1 atom stereocenters. The number of amides is 2. The number of aryl methyl sites for hydroxylation is 1. The lowest BCUT2D eigenvalue weighted by Gasteiger charge is -2.10. The maximum atomic E-state index is 12.1. The van der Waals surface area contributed by atoms with Crippen LogP contribution in [0.15, 0.2) is 0 Å². The molecule has 1 fully saturated rings. The molecule has 0 saturated carbocycles. The Morgan fingerprint density at radius 2 is 2.05 bits per heavy atom. The van der Waals surface area contributed by atoms with Gasteiger partial charge in [-0.3, -0.25) is 9.59 Å². The van der Waals surface area contributed by atoms with E-state index in [0.717, 1.165) is 4.88 Å². The first-order valence-corrected chi connectivity index (χ1v) is 7.01. The van der Waals surface area contributed by atoms with Gasteiger partial charge in [0.1, 0.15) is 5.00 Å². The third-order valence-corrected chi connectivity index (χ3v) is 4.67. The number of nitrogens with one attached hydrogen (secondary N) is 1. The van der Waals surface area contributed by atoms with Crippen LogP contribution in [0.3, 0.4) is 0 Å². The fourth-order valence-corrected chi connectivity index (χ4v) is 3.28. The van der Waals surface area contributed by atoms with E-state index in [4.69, 9.17) is 0 Å². The van der Waals surface area contributed by atoms with Gasteiger partial charge in [-0.05, 0) is 19.4 Å². The molecule has 1 saturated heterocycles. The van der Waals surface area contributed by atoms with E-state index in [2.05, 4.69) is 5.32 Å². The highest BCUT2D eigenvalue weighted by molar-refractivity contribution is 7.16. The summed E-state index contributed by atoms with van der Waals surface area (Å²) in [4.78, 5) is 37.2. The molecule has 7 heteroatoms. The van der Waals surface area contributed by atoms with E-state index in [-0.39, 0.29) is 23.8 Å². The molecule has 6 nitrogen and oxygen atoms in total. The van der Waals surface area contributed by atoms with Crippen molar-refractivity contribution in [2.75, 3.05) is 18.9 Å². The van der Waals surface area contributed by atoms with Crippen molar-refractivity contribution in [1.29, 1.82) is 0 Å². The van der Waals surface area contributed by atoms with Gasteiger partial charge in [-0.1, -0.05) is 0 Å². The van der Waals surface area contributed by atoms with Crippen LogP contribution in [0.1, 0.15) is 27.2 Å².